The Morgan fingerprint density at radius 1 is 1.04 bits per heavy atom. The summed E-state index contributed by atoms with van der Waals surface area (Å²) in [4.78, 5) is 37.8. The normalized spacial score (nSPS) is 14.0. The highest BCUT2D eigenvalue weighted by Crippen LogP contribution is 2.31. The summed E-state index contributed by atoms with van der Waals surface area (Å²) in [6.07, 6.45) is 0. The van der Waals surface area contributed by atoms with E-state index in [0.29, 0.717) is 16.9 Å². The average molecular weight is 385 g/mol. The second-order valence-corrected chi connectivity index (χ2v) is 6.49. The zero-order chi connectivity index (χ0) is 19.7. The first kappa shape index (κ1) is 18.7. The molecule has 1 aliphatic rings. The largest absolute Gasteiger partial charge is 0.465 e. The van der Waals surface area contributed by atoms with Crippen LogP contribution in [0, 0.1) is 13.8 Å². The van der Waals surface area contributed by atoms with Gasteiger partial charge in [0.1, 0.15) is 10.7 Å². The minimum absolute atomic E-state index is 0.0191. The molecule has 138 valence electrons. The molecular formula is C20H17ClN2O4. The third kappa shape index (κ3) is 3.44. The lowest BCUT2D eigenvalue weighted by atomic mass is 10.1. The van der Waals surface area contributed by atoms with E-state index in [9.17, 15) is 14.4 Å². The van der Waals surface area contributed by atoms with E-state index in [4.69, 9.17) is 11.6 Å². The number of anilines is 2. The summed E-state index contributed by atoms with van der Waals surface area (Å²) in [5.41, 5.74) is 3.34. The van der Waals surface area contributed by atoms with E-state index >= 15 is 0 Å². The van der Waals surface area contributed by atoms with Gasteiger partial charge in [0.2, 0.25) is 0 Å². The standard InChI is InChI=1S/C20H17ClN2O4/c1-11-4-9-15(12(2)10-11)22-17-16(21)18(24)23(19(17)25)14-7-5-13(6-8-14)20(26)27-3/h4-10,22H,1-3H3. The Labute approximate surface area is 161 Å². The van der Waals surface area contributed by atoms with Crippen molar-refractivity contribution in [3.63, 3.8) is 0 Å². The van der Waals surface area contributed by atoms with Crippen LogP contribution in [0.2, 0.25) is 0 Å². The molecule has 7 heteroatoms. The third-order valence-corrected chi connectivity index (χ3v) is 4.57. The molecule has 0 saturated heterocycles. The first-order chi connectivity index (χ1) is 12.8. The number of carbonyl (C=O) groups is 3. The number of halogens is 1. The van der Waals surface area contributed by atoms with Gasteiger partial charge in [-0.25, -0.2) is 9.69 Å². The van der Waals surface area contributed by atoms with Gasteiger partial charge in [0.25, 0.3) is 11.8 Å². The van der Waals surface area contributed by atoms with Crippen molar-refractivity contribution in [1.29, 1.82) is 0 Å². The van der Waals surface area contributed by atoms with Gasteiger partial charge in [-0.05, 0) is 49.7 Å². The fourth-order valence-electron chi connectivity index (χ4n) is 2.80. The smallest absolute Gasteiger partial charge is 0.337 e. The van der Waals surface area contributed by atoms with E-state index in [1.807, 2.05) is 32.0 Å². The molecule has 0 atom stereocenters. The SMILES string of the molecule is COC(=O)c1ccc(N2C(=O)C(Cl)=C(Nc3ccc(C)cc3C)C2=O)cc1. The zero-order valence-electron chi connectivity index (χ0n) is 15.0. The van der Waals surface area contributed by atoms with Gasteiger partial charge < -0.3 is 10.1 Å². The second kappa shape index (κ2) is 7.25. The van der Waals surface area contributed by atoms with Crippen LogP contribution in [-0.2, 0) is 14.3 Å². The predicted molar refractivity (Wildman–Crippen MR) is 103 cm³/mol. The number of methoxy groups -OCH3 is 1. The minimum atomic E-state index is -0.625. The number of hydrogen-bond donors (Lipinski definition) is 1. The van der Waals surface area contributed by atoms with Crippen LogP contribution in [0.25, 0.3) is 0 Å². The van der Waals surface area contributed by atoms with Crippen LogP contribution in [0.15, 0.2) is 53.2 Å². The lowest BCUT2D eigenvalue weighted by Gasteiger charge is -2.16. The topological polar surface area (TPSA) is 75.7 Å². The molecule has 0 bridgehead atoms. The summed E-state index contributed by atoms with van der Waals surface area (Å²) in [6, 6.07) is 11.6. The molecular weight excluding hydrogens is 368 g/mol. The van der Waals surface area contributed by atoms with Crippen molar-refractivity contribution in [3.05, 3.63) is 69.9 Å². The summed E-state index contributed by atoms with van der Waals surface area (Å²) in [5, 5.41) is 2.78. The Balaban J connectivity index is 1.88. The van der Waals surface area contributed by atoms with Gasteiger partial charge in [-0.3, -0.25) is 9.59 Å². The average Bonchev–Trinajstić information content (AvgIpc) is 2.86. The highest BCUT2D eigenvalue weighted by atomic mass is 35.5. The first-order valence-electron chi connectivity index (χ1n) is 8.14. The number of imide groups is 1. The number of ether oxygens (including phenoxy) is 1. The van der Waals surface area contributed by atoms with Crippen molar-refractivity contribution < 1.29 is 19.1 Å². The summed E-state index contributed by atoms with van der Waals surface area (Å²) in [6.45, 7) is 3.86. The molecule has 0 aromatic heterocycles. The predicted octanol–water partition coefficient (Wildman–Crippen LogP) is 3.53. The Kier molecular flexibility index (Phi) is 5.01. The van der Waals surface area contributed by atoms with Crippen molar-refractivity contribution in [2.24, 2.45) is 0 Å². The van der Waals surface area contributed by atoms with Gasteiger partial charge in [0, 0.05) is 5.69 Å². The Morgan fingerprint density at radius 2 is 1.70 bits per heavy atom. The van der Waals surface area contributed by atoms with E-state index in [1.54, 1.807) is 0 Å². The molecule has 1 aliphatic heterocycles. The minimum Gasteiger partial charge on any atom is -0.465 e. The molecule has 1 N–H and O–H groups in total. The maximum atomic E-state index is 12.8. The molecule has 0 fully saturated rings. The van der Waals surface area contributed by atoms with Crippen LogP contribution in [0.3, 0.4) is 0 Å². The lowest BCUT2D eigenvalue weighted by Crippen LogP contribution is -2.32. The Hall–Kier alpha value is -3.12. The van der Waals surface area contributed by atoms with Crippen molar-refractivity contribution >= 4 is 40.8 Å². The number of carbonyl (C=O) groups excluding carboxylic acids is 3. The van der Waals surface area contributed by atoms with Crippen molar-refractivity contribution in [2.75, 3.05) is 17.3 Å². The number of rotatable bonds is 4. The fraction of sp³-hybridized carbons (Fsp3) is 0.150. The summed E-state index contributed by atoms with van der Waals surface area (Å²) in [7, 11) is 1.28. The van der Waals surface area contributed by atoms with Crippen LogP contribution in [0.5, 0.6) is 0 Å². The molecule has 0 radical (unpaired) electrons. The van der Waals surface area contributed by atoms with Crippen LogP contribution in [-0.4, -0.2) is 24.9 Å². The quantitative estimate of drug-likeness (QED) is 0.644. The number of hydrogen-bond acceptors (Lipinski definition) is 5. The number of esters is 1. The number of nitrogens with zero attached hydrogens (tertiary/aromatic N) is 1. The molecule has 27 heavy (non-hydrogen) atoms. The maximum Gasteiger partial charge on any atom is 0.337 e. The lowest BCUT2D eigenvalue weighted by molar-refractivity contribution is -0.120. The summed E-state index contributed by atoms with van der Waals surface area (Å²) < 4.78 is 4.64. The summed E-state index contributed by atoms with van der Waals surface area (Å²) >= 11 is 6.14. The second-order valence-electron chi connectivity index (χ2n) is 6.12. The molecule has 2 aromatic rings. The zero-order valence-corrected chi connectivity index (χ0v) is 15.8. The molecule has 0 unspecified atom stereocenters. The monoisotopic (exact) mass is 384 g/mol. The third-order valence-electron chi connectivity index (χ3n) is 4.22. The van der Waals surface area contributed by atoms with E-state index < -0.39 is 17.8 Å². The molecule has 1 heterocycles. The highest BCUT2D eigenvalue weighted by Gasteiger charge is 2.39. The highest BCUT2D eigenvalue weighted by molar-refractivity contribution is 6.53. The molecule has 2 amide bonds. The van der Waals surface area contributed by atoms with Crippen LogP contribution in [0.1, 0.15) is 21.5 Å². The number of aryl methyl sites for hydroxylation is 2. The first-order valence-corrected chi connectivity index (χ1v) is 8.52. The van der Waals surface area contributed by atoms with Crippen molar-refractivity contribution in [1.82, 2.24) is 0 Å². The number of nitrogens with one attached hydrogen (secondary N) is 1. The van der Waals surface area contributed by atoms with Crippen molar-refractivity contribution in [3.8, 4) is 0 Å². The van der Waals surface area contributed by atoms with Crippen LogP contribution >= 0.6 is 11.6 Å². The molecule has 2 aromatic carbocycles. The van der Waals surface area contributed by atoms with Crippen LogP contribution < -0.4 is 10.2 Å². The molecule has 0 spiro atoms. The summed E-state index contributed by atoms with van der Waals surface area (Å²) in [5.74, 6) is -1.69. The molecule has 6 nitrogen and oxygen atoms in total. The fourth-order valence-corrected chi connectivity index (χ4v) is 3.01. The van der Waals surface area contributed by atoms with Crippen LogP contribution in [0.4, 0.5) is 11.4 Å². The number of benzene rings is 2. The molecule has 3 rings (SSSR count). The van der Waals surface area contributed by atoms with Gasteiger partial charge >= 0.3 is 5.97 Å². The van der Waals surface area contributed by atoms with Gasteiger partial charge in [-0.2, -0.15) is 0 Å². The van der Waals surface area contributed by atoms with E-state index in [-0.39, 0.29) is 10.7 Å². The van der Waals surface area contributed by atoms with Gasteiger partial charge in [-0.15, -0.1) is 0 Å². The number of amides is 2. The van der Waals surface area contributed by atoms with Crippen molar-refractivity contribution in [2.45, 2.75) is 13.8 Å². The van der Waals surface area contributed by atoms with Gasteiger partial charge in [-0.1, -0.05) is 29.3 Å². The maximum absolute atomic E-state index is 12.8. The Morgan fingerprint density at radius 3 is 2.30 bits per heavy atom. The van der Waals surface area contributed by atoms with E-state index in [1.165, 1.54) is 31.4 Å². The molecule has 0 saturated carbocycles. The van der Waals surface area contributed by atoms with E-state index in [0.717, 1.165) is 16.0 Å². The molecule has 0 aliphatic carbocycles. The van der Waals surface area contributed by atoms with E-state index in [2.05, 4.69) is 10.1 Å². The Bertz CT molecular complexity index is 980. The van der Waals surface area contributed by atoms with Gasteiger partial charge in [0.15, 0.2) is 0 Å². The van der Waals surface area contributed by atoms with Gasteiger partial charge in [0.05, 0.1) is 18.4 Å².